The van der Waals surface area contributed by atoms with Crippen molar-refractivity contribution in [1.82, 2.24) is 9.88 Å². The minimum Gasteiger partial charge on any atom is -0.378 e. The highest BCUT2D eigenvalue weighted by Crippen LogP contribution is 2.30. The first-order chi connectivity index (χ1) is 13.5. The van der Waals surface area contributed by atoms with Crippen molar-refractivity contribution in [3.05, 3.63) is 70.5 Å². The van der Waals surface area contributed by atoms with Crippen LogP contribution in [-0.2, 0) is 4.79 Å². The SMILES string of the molecule is Cc1cncc2cccc(N3CCN(C(=O)C(O)c4ccc(Br)cc4)CC3)c12. The number of halogens is 1. The molecular weight excluding hydrogens is 418 g/mol. The molecular formula is C22H22BrN3O2. The molecule has 2 aromatic carbocycles. The Bertz CT molecular complexity index is 993. The van der Waals surface area contributed by atoms with Crippen molar-refractivity contribution >= 4 is 38.3 Å². The van der Waals surface area contributed by atoms with E-state index < -0.39 is 6.10 Å². The number of hydrogen-bond acceptors (Lipinski definition) is 4. The first-order valence-electron chi connectivity index (χ1n) is 9.35. The third kappa shape index (κ3) is 3.62. The summed E-state index contributed by atoms with van der Waals surface area (Å²) in [5.41, 5.74) is 2.95. The number of fused-ring (bicyclic) bond motifs is 1. The highest BCUT2D eigenvalue weighted by atomic mass is 79.9. The van der Waals surface area contributed by atoms with Gasteiger partial charge in [0.05, 0.1) is 0 Å². The molecule has 1 aliphatic rings. The highest BCUT2D eigenvalue weighted by Gasteiger charge is 2.27. The van der Waals surface area contributed by atoms with Crippen molar-refractivity contribution < 1.29 is 9.90 Å². The second kappa shape index (κ2) is 7.89. The average Bonchev–Trinajstić information content (AvgIpc) is 2.73. The molecule has 0 spiro atoms. The number of anilines is 1. The Morgan fingerprint density at radius 1 is 1.07 bits per heavy atom. The van der Waals surface area contributed by atoms with Crippen molar-refractivity contribution in [1.29, 1.82) is 0 Å². The third-order valence-corrected chi connectivity index (χ3v) is 5.83. The molecule has 0 aliphatic carbocycles. The Morgan fingerprint density at radius 3 is 2.50 bits per heavy atom. The fourth-order valence-corrected chi connectivity index (χ4v) is 4.04. The van der Waals surface area contributed by atoms with Gasteiger partial charge in [-0.3, -0.25) is 9.78 Å². The van der Waals surface area contributed by atoms with Gasteiger partial charge < -0.3 is 14.9 Å². The molecule has 1 unspecified atom stereocenters. The average molecular weight is 440 g/mol. The number of piperazine rings is 1. The van der Waals surface area contributed by atoms with Gasteiger partial charge in [-0.2, -0.15) is 0 Å². The van der Waals surface area contributed by atoms with Crippen LogP contribution in [0.25, 0.3) is 10.8 Å². The van der Waals surface area contributed by atoms with E-state index in [4.69, 9.17) is 0 Å². The van der Waals surface area contributed by atoms with Crippen LogP contribution in [0.2, 0.25) is 0 Å². The van der Waals surface area contributed by atoms with Crippen LogP contribution in [-0.4, -0.2) is 47.1 Å². The van der Waals surface area contributed by atoms with Crippen molar-refractivity contribution in [2.24, 2.45) is 0 Å². The summed E-state index contributed by atoms with van der Waals surface area (Å²) in [5, 5.41) is 12.8. The number of carbonyl (C=O) groups excluding carboxylic acids is 1. The van der Waals surface area contributed by atoms with Crippen LogP contribution in [0.1, 0.15) is 17.2 Å². The van der Waals surface area contributed by atoms with E-state index in [0.29, 0.717) is 18.7 Å². The molecule has 5 nitrogen and oxygen atoms in total. The number of hydrogen-bond donors (Lipinski definition) is 1. The van der Waals surface area contributed by atoms with Crippen LogP contribution in [0.15, 0.2) is 59.3 Å². The topological polar surface area (TPSA) is 56.7 Å². The molecule has 4 rings (SSSR count). The van der Waals surface area contributed by atoms with E-state index in [1.54, 1.807) is 17.0 Å². The summed E-state index contributed by atoms with van der Waals surface area (Å²) in [6.07, 6.45) is 2.66. The van der Waals surface area contributed by atoms with Gasteiger partial charge in [-0.25, -0.2) is 0 Å². The molecule has 6 heteroatoms. The Labute approximate surface area is 172 Å². The van der Waals surface area contributed by atoms with Crippen LogP contribution in [0, 0.1) is 6.92 Å². The summed E-state index contributed by atoms with van der Waals surface area (Å²) in [5.74, 6) is -0.236. The van der Waals surface area contributed by atoms with Gasteiger partial charge >= 0.3 is 0 Å². The summed E-state index contributed by atoms with van der Waals surface area (Å²) in [6, 6.07) is 13.5. The lowest BCUT2D eigenvalue weighted by molar-refractivity contribution is -0.140. The number of aliphatic hydroxyl groups excluding tert-OH is 1. The molecule has 1 amide bonds. The van der Waals surface area contributed by atoms with E-state index in [9.17, 15) is 9.90 Å². The smallest absolute Gasteiger partial charge is 0.256 e. The second-order valence-electron chi connectivity index (χ2n) is 7.10. The van der Waals surface area contributed by atoms with Crippen molar-refractivity contribution in [3.63, 3.8) is 0 Å². The van der Waals surface area contributed by atoms with Gasteiger partial charge in [0.15, 0.2) is 6.10 Å². The van der Waals surface area contributed by atoms with Gasteiger partial charge in [-0.1, -0.05) is 40.2 Å². The maximum Gasteiger partial charge on any atom is 0.256 e. The summed E-state index contributed by atoms with van der Waals surface area (Å²) < 4.78 is 0.921. The van der Waals surface area contributed by atoms with Crippen LogP contribution < -0.4 is 4.90 Å². The summed E-state index contributed by atoms with van der Waals surface area (Å²) in [7, 11) is 0. The van der Waals surface area contributed by atoms with Crippen LogP contribution >= 0.6 is 15.9 Å². The van der Waals surface area contributed by atoms with E-state index in [1.165, 1.54) is 11.1 Å². The Balaban J connectivity index is 1.48. The Hall–Kier alpha value is -2.44. The number of pyridine rings is 1. The number of amides is 1. The minimum atomic E-state index is -1.12. The van der Waals surface area contributed by atoms with E-state index in [1.807, 2.05) is 30.6 Å². The molecule has 0 radical (unpaired) electrons. The number of rotatable bonds is 3. The molecule has 1 saturated heterocycles. The fourth-order valence-electron chi connectivity index (χ4n) is 3.78. The molecule has 1 fully saturated rings. The number of benzene rings is 2. The van der Waals surface area contributed by atoms with Crippen molar-refractivity contribution in [2.45, 2.75) is 13.0 Å². The molecule has 3 aromatic rings. The summed E-state index contributed by atoms with van der Waals surface area (Å²) in [6.45, 7) is 4.73. The molecule has 0 bridgehead atoms. The number of aromatic nitrogens is 1. The molecule has 2 heterocycles. The van der Waals surface area contributed by atoms with Gasteiger partial charge in [0.25, 0.3) is 5.91 Å². The molecule has 1 aliphatic heterocycles. The number of aliphatic hydroxyl groups is 1. The lowest BCUT2D eigenvalue weighted by atomic mass is 10.0. The van der Waals surface area contributed by atoms with E-state index in [0.717, 1.165) is 28.5 Å². The minimum absolute atomic E-state index is 0.236. The van der Waals surface area contributed by atoms with Crippen LogP contribution in [0.5, 0.6) is 0 Å². The van der Waals surface area contributed by atoms with Gasteiger partial charge in [-0.15, -0.1) is 0 Å². The first-order valence-corrected chi connectivity index (χ1v) is 10.1. The maximum absolute atomic E-state index is 12.7. The van der Waals surface area contributed by atoms with Gasteiger partial charge in [0.1, 0.15) is 0 Å². The lowest BCUT2D eigenvalue weighted by Gasteiger charge is -2.37. The van der Waals surface area contributed by atoms with Crippen LogP contribution in [0.3, 0.4) is 0 Å². The largest absolute Gasteiger partial charge is 0.378 e. The van der Waals surface area contributed by atoms with Crippen molar-refractivity contribution in [2.75, 3.05) is 31.1 Å². The fraction of sp³-hybridized carbons (Fsp3) is 0.273. The second-order valence-corrected chi connectivity index (χ2v) is 8.01. The summed E-state index contributed by atoms with van der Waals surface area (Å²) in [4.78, 5) is 21.1. The van der Waals surface area contributed by atoms with Gasteiger partial charge in [0.2, 0.25) is 0 Å². The normalized spacial score (nSPS) is 15.7. The summed E-state index contributed by atoms with van der Waals surface area (Å²) >= 11 is 3.37. The first kappa shape index (κ1) is 18.9. The van der Waals surface area contributed by atoms with Gasteiger partial charge in [0, 0.05) is 59.5 Å². The molecule has 1 atom stereocenters. The Morgan fingerprint density at radius 2 is 1.79 bits per heavy atom. The van der Waals surface area contributed by atoms with E-state index in [2.05, 4.69) is 44.9 Å². The quantitative estimate of drug-likeness (QED) is 0.675. The predicted octanol–water partition coefficient (Wildman–Crippen LogP) is 3.69. The van der Waals surface area contributed by atoms with E-state index >= 15 is 0 Å². The number of aryl methyl sites for hydroxylation is 1. The molecule has 28 heavy (non-hydrogen) atoms. The predicted molar refractivity (Wildman–Crippen MR) is 114 cm³/mol. The number of nitrogens with zero attached hydrogens (tertiary/aromatic N) is 3. The zero-order valence-electron chi connectivity index (χ0n) is 15.7. The van der Waals surface area contributed by atoms with Crippen LogP contribution in [0.4, 0.5) is 5.69 Å². The third-order valence-electron chi connectivity index (χ3n) is 5.30. The zero-order valence-corrected chi connectivity index (χ0v) is 17.3. The van der Waals surface area contributed by atoms with Crippen molar-refractivity contribution in [3.8, 4) is 0 Å². The highest BCUT2D eigenvalue weighted by molar-refractivity contribution is 9.10. The molecule has 144 valence electrons. The van der Waals surface area contributed by atoms with E-state index in [-0.39, 0.29) is 5.91 Å². The zero-order chi connectivity index (χ0) is 19.7. The number of carbonyl (C=O) groups is 1. The molecule has 0 saturated carbocycles. The molecule has 1 N–H and O–H groups in total. The monoisotopic (exact) mass is 439 g/mol. The van der Waals surface area contributed by atoms with Gasteiger partial charge in [-0.05, 0) is 36.2 Å². The Kier molecular flexibility index (Phi) is 5.33. The maximum atomic E-state index is 12.7. The standard InChI is InChI=1S/C22H22BrN3O2/c1-15-13-24-14-17-3-2-4-19(20(15)17)25-9-11-26(12-10-25)22(28)21(27)16-5-7-18(23)8-6-16/h2-8,13-14,21,27H,9-12H2,1H3. The lowest BCUT2D eigenvalue weighted by Crippen LogP contribution is -2.50. The molecule has 1 aromatic heterocycles.